The molecule has 2 aromatic rings. The van der Waals surface area contributed by atoms with Crippen molar-refractivity contribution in [1.29, 1.82) is 0 Å². The van der Waals surface area contributed by atoms with E-state index in [1.54, 1.807) is 12.1 Å². The second-order valence-electron chi connectivity index (χ2n) is 9.62. The lowest BCUT2D eigenvalue weighted by atomic mass is 9.80. The van der Waals surface area contributed by atoms with Crippen molar-refractivity contribution in [2.24, 2.45) is 0 Å². The zero-order valence-corrected chi connectivity index (χ0v) is 22.5. The Morgan fingerprint density at radius 2 is 1.59 bits per heavy atom. The molecule has 2 aromatic carbocycles. The maximum absolute atomic E-state index is 13.4. The summed E-state index contributed by atoms with van der Waals surface area (Å²) in [6.07, 6.45) is 4.52. The number of hydrogen-bond donors (Lipinski definition) is 5. The van der Waals surface area contributed by atoms with Crippen LogP contribution in [0.3, 0.4) is 0 Å². The molecule has 0 atom stereocenters. The van der Waals surface area contributed by atoms with Crippen molar-refractivity contribution in [1.82, 2.24) is 10.2 Å². The molecule has 1 aliphatic heterocycles. The van der Waals surface area contributed by atoms with Crippen molar-refractivity contribution in [2.45, 2.75) is 50.3 Å². The van der Waals surface area contributed by atoms with Gasteiger partial charge in [0, 0.05) is 32.1 Å². The number of piperidine rings is 1. The van der Waals surface area contributed by atoms with Gasteiger partial charge < -0.3 is 30.5 Å². The van der Waals surface area contributed by atoms with Crippen molar-refractivity contribution >= 4 is 23.8 Å². The molecular formula is C29H33FN2O9. The molecule has 1 heterocycles. The van der Waals surface area contributed by atoms with Crippen LogP contribution in [0.5, 0.6) is 5.75 Å². The number of terminal acetylenes is 1. The maximum Gasteiger partial charge on any atom is 0.336 e. The Kier molecular flexibility index (Phi) is 11.8. The SMILES string of the molecule is C#CCOc1ccccc1CN1CCC(NC(C)=O)(c2ccc(F)cc2)CC1.O=C(O)CC(O)(CC(=O)O)C(=O)O. The van der Waals surface area contributed by atoms with E-state index in [9.17, 15) is 23.6 Å². The molecule has 1 amide bonds. The molecule has 0 bridgehead atoms. The second-order valence-corrected chi connectivity index (χ2v) is 9.62. The molecule has 41 heavy (non-hydrogen) atoms. The van der Waals surface area contributed by atoms with Crippen LogP contribution >= 0.6 is 0 Å². The molecule has 1 fully saturated rings. The average Bonchev–Trinajstić information content (AvgIpc) is 2.89. The monoisotopic (exact) mass is 572 g/mol. The van der Waals surface area contributed by atoms with Crippen LogP contribution in [0.15, 0.2) is 48.5 Å². The summed E-state index contributed by atoms with van der Waals surface area (Å²) in [4.78, 5) is 44.7. The number of carboxylic acids is 3. The van der Waals surface area contributed by atoms with E-state index in [0.717, 1.165) is 49.4 Å². The molecule has 12 heteroatoms. The first-order chi connectivity index (χ1) is 19.3. The molecule has 11 nitrogen and oxygen atoms in total. The van der Waals surface area contributed by atoms with Gasteiger partial charge in [-0.1, -0.05) is 36.3 Å². The number of likely N-dealkylation sites (tertiary alicyclic amines) is 1. The fourth-order valence-electron chi connectivity index (χ4n) is 4.53. The molecule has 1 saturated heterocycles. The molecule has 0 spiro atoms. The number of carbonyl (C=O) groups is 4. The lowest BCUT2D eigenvalue weighted by Gasteiger charge is -2.42. The Hall–Kier alpha value is -4.47. The quantitative estimate of drug-likeness (QED) is 0.251. The Bertz CT molecular complexity index is 1250. The molecule has 1 aliphatic rings. The molecule has 0 unspecified atom stereocenters. The standard InChI is InChI=1S/C23H25FN2O2.C6H8O7/c1-3-16-28-22-7-5-4-6-19(22)17-26-14-12-23(13-15-26,25-18(2)27)20-8-10-21(24)11-9-20;7-3(8)1-6(13,5(11)12)2-4(9)10/h1,4-11H,12-17H2,2H3,(H,25,27);13H,1-2H2,(H,7,8)(H,9,10)(H,11,12). The smallest absolute Gasteiger partial charge is 0.336 e. The number of halogens is 1. The fourth-order valence-corrected chi connectivity index (χ4v) is 4.53. The van der Waals surface area contributed by atoms with Gasteiger partial charge in [-0.3, -0.25) is 19.3 Å². The molecule has 0 radical (unpaired) electrons. The van der Waals surface area contributed by atoms with Crippen molar-refractivity contribution < 1.29 is 48.7 Å². The van der Waals surface area contributed by atoms with Crippen molar-refractivity contribution in [3.63, 3.8) is 0 Å². The Morgan fingerprint density at radius 1 is 1.02 bits per heavy atom. The van der Waals surface area contributed by atoms with Crippen LogP contribution in [0.1, 0.15) is 43.7 Å². The van der Waals surface area contributed by atoms with Crippen LogP contribution in [0.4, 0.5) is 4.39 Å². The third-order valence-electron chi connectivity index (χ3n) is 6.48. The average molecular weight is 573 g/mol. The molecule has 220 valence electrons. The summed E-state index contributed by atoms with van der Waals surface area (Å²) in [7, 11) is 0. The summed E-state index contributed by atoms with van der Waals surface area (Å²) in [6.45, 7) is 4.13. The Labute approximate surface area is 236 Å². The number of rotatable bonds is 11. The van der Waals surface area contributed by atoms with Gasteiger partial charge in [-0.15, -0.1) is 6.42 Å². The van der Waals surface area contributed by atoms with Crippen molar-refractivity contribution in [2.75, 3.05) is 19.7 Å². The van der Waals surface area contributed by atoms with Crippen LogP contribution < -0.4 is 10.1 Å². The van der Waals surface area contributed by atoms with E-state index in [1.165, 1.54) is 19.1 Å². The number of aliphatic carboxylic acids is 3. The highest BCUT2D eigenvalue weighted by atomic mass is 19.1. The van der Waals surface area contributed by atoms with Crippen LogP contribution in [0.25, 0.3) is 0 Å². The number of nitrogens with zero attached hydrogens (tertiary/aromatic N) is 1. The molecule has 5 N–H and O–H groups in total. The summed E-state index contributed by atoms with van der Waals surface area (Å²) in [5.74, 6) is -2.07. The minimum atomic E-state index is -2.74. The number of nitrogens with one attached hydrogen (secondary N) is 1. The highest BCUT2D eigenvalue weighted by Crippen LogP contribution is 2.34. The first kappa shape index (κ1) is 32.7. The topological polar surface area (TPSA) is 174 Å². The van der Waals surface area contributed by atoms with Gasteiger partial charge in [0.2, 0.25) is 5.91 Å². The van der Waals surface area contributed by atoms with Crippen LogP contribution in [-0.4, -0.2) is 74.4 Å². The van der Waals surface area contributed by atoms with Crippen LogP contribution in [-0.2, 0) is 31.3 Å². The molecule has 0 saturated carbocycles. The predicted octanol–water partition coefficient (Wildman–Crippen LogP) is 2.22. The minimum absolute atomic E-state index is 0.0780. The van der Waals surface area contributed by atoms with E-state index in [-0.39, 0.29) is 18.3 Å². The van der Waals surface area contributed by atoms with E-state index in [0.29, 0.717) is 0 Å². The predicted molar refractivity (Wildman–Crippen MR) is 144 cm³/mol. The summed E-state index contributed by atoms with van der Waals surface area (Å²) in [5, 5.41) is 36.9. The van der Waals surface area contributed by atoms with Crippen LogP contribution in [0, 0.1) is 18.2 Å². The van der Waals surface area contributed by atoms with E-state index in [2.05, 4.69) is 16.1 Å². The van der Waals surface area contributed by atoms with Crippen LogP contribution in [0.2, 0.25) is 0 Å². The largest absolute Gasteiger partial charge is 0.481 e. The third-order valence-corrected chi connectivity index (χ3v) is 6.48. The Balaban J connectivity index is 0.000000383. The van der Waals surface area contributed by atoms with Gasteiger partial charge in [-0.2, -0.15) is 0 Å². The van der Waals surface area contributed by atoms with E-state index in [4.69, 9.17) is 31.6 Å². The maximum atomic E-state index is 13.4. The minimum Gasteiger partial charge on any atom is -0.481 e. The summed E-state index contributed by atoms with van der Waals surface area (Å²) < 4.78 is 19.0. The first-order valence-electron chi connectivity index (χ1n) is 12.6. The number of ether oxygens (including phenoxy) is 1. The number of carboxylic acid groups (broad SMARTS) is 3. The van der Waals surface area contributed by atoms with Gasteiger partial charge in [0.15, 0.2) is 5.60 Å². The normalized spacial score (nSPS) is 14.5. The third kappa shape index (κ3) is 9.90. The van der Waals surface area contributed by atoms with Gasteiger partial charge in [-0.05, 0) is 36.6 Å². The number of hydrogen-bond acceptors (Lipinski definition) is 7. The second kappa shape index (κ2) is 14.8. The van der Waals surface area contributed by atoms with Crippen molar-refractivity contribution in [3.8, 4) is 18.1 Å². The molecular weight excluding hydrogens is 539 g/mol. The van der Waals surface area contributed by atoms with Gasteiger partial charge in [0.1, 0.15) is 18.2 Å². The van der Waals surface area contributed by atoms with E-state index < -0.39 is 41.9 Å². The number of para-hydroxylation sites is 1. The summed E-state index contributed by atoms with van der Waals surface area (Å²) in [5.41, 5.74) is -1.17. The van der Waals surface area contributed by atoms with E-state index >= 15 is 0 Å². The van der Waals surface area contributed by atoms with Gasteiger partial charge in [-0.25, -0.2) is 9.18 Å². The van der Waals surface area contributed by atoms with E-state index in [1.807, 2.05) is 24.3 Å². The molecule has 0 aromatic heterocycles. The number of aliphatic hydroxyl groups is 1. The Morgan fingerprint density at radius 3 is 2.07 bits per heavy atom. The number of carbonyl (C=O) groups excluding carboxylic acids is 1. The zero-order chi connectivity index (χ0) is 30.6. The van der Waals surface area contributed by atoms with Crippen molar-refractivity contribution in [3.05, 3.63) is 65.5 Å². The molecule has 0 aliphatic carbocycles. The lowest BCUT2D eigenvalue weighted by Crippen LogP contribution is -2.52. The number of amides is 1. The number of benzene rings is 2. The van der Waals surface area contributed by atoms with Gasteiger partial charge in [0.05, 0.1) is 18.4 Å². The fraction of sp³-hybridized carbons (Fsp3) is 0.379. The lowest BCUT2D eigenvalue weighted by molar-refractivity contribution is -0.170. The zero-order valence-electron chi connectivity index (χ0n) is 22.5. The molecule has 3 rings (SSSR count). The first-order valence-corrected chi connectivity index (χ1v) is 12.6. The highest BCUT2D eigenvalue weighted by Gasteiger charge is 2.41. The van der Waals surface area contributed by atoms with Gasteiger partial charge in [0.25, 0.3) is 0 Å². The summed E-state index contributed by atoms with van der Waals surface area (Å²) in [6, 6.07) is 14.3. The highest BCUT2D eigenvalue weighted by molar-refractivity contribution is 5.88. The van der Waals surface area contributed by atoms with Gasteiger partial charge >= 0.3 is 17.9 Å². The summed E-state index contributed by atoms with van der Waals surface area (Å²) >= 11 is 0.